The van der Waals surface area contributed by atoms with Crippen LogP contribution in [0.25, 0.3) is 0 Å². The third-order valence-electron chi connectivity index (χ3n) is 3.95. The zero-order valence-corrected chi connectivity index (χ0v) is 7.92. The largest absolute Gasteiger partial charge is 0.370 e. The Bertz CT molecular complexity index is 222. The summed E-state index contributed by atoms with van der Waals surface area (Å²) < 4.78 is 5.52. The van der Waals surface area contributed by atoms with Gasteiger partial charge in [0.25, 0.3) is 0 Å². The van der Waals surface area contributed by atoms with Gasteiger partial charge in [0.2, 0.25) is 0 Å². The van der Waals surface area contributed by atoms with E-state index < -0.39 is 0 Å². The summed E-state index contributed by atoms with van der Waals surface area (Å²) in [6, 6.07) is 0. The molecule has 2 heteroatoms. The fourth-order valence-electron chi connectivity index (χ4n) is 3.12. The highest BCUT2D eigenvalue weighted by Gasteiger charge is 2.54. The number of carbonyl (C=O) groups is 1. The molecule has 0 N–H and O–H groups in total. The van der Waals surface area contributed by atoms with Crippen molar-refractivity contribution in [3.05, 3.63) is 0 Å². The molecule has 72 valence electrons. The molecule has 0 amide bonds. The average molecular weight is 180 g/mol. The van der Waals surface area contributed by atoms with Crippen LogP contribution < -0.4 is 0 Å². The molecule has 2 aliphatic carbocycles. The van der Waals surface area contributed by atoms with E-state index >= 15 is 0 Å². The van der Waals surface area contributed by atoms with Gasteiger partial charge < -0.3 is 4.74 Å². The molecule has 0 radical (unpaired) electrons. The van der Waals surface area contributed by atoms with Gasteiger partial charge in [-0.1, -0.05) is 12.8 Å². The Morgan fingerprint density at radius 3 is 2.15 bits per heavy atom. The molecule has 0 aromatic rings. The Labute approximate surface area is 78.6 Å². The number of hydrogen-bond acceptors (Lipinski definition) is 2. The third kappa shape index (κ3) is 1.23. The van der Waals surface area contributed by atoms with E-state index in [1.165, 1.54) is 12.8 Å². The van der Waals surface area contributed by atoms with Gasteiger partial charge in [0, 0.05) is 11.8 Å². The van der Waals surface area contributed by atoms with Crippen molar-refractivity contribution in [3.63, 3.8) is 0 Å². The van der Waals surface area contributed by atoms with E-state index in [4.69, 9.17) is 4.74 Å². The lowest BCUT2D eigenvalue weighted by molar-refractivity contribution is -0.130. The number of ether oxygens (including phenoxy) is 1. The van der Waals surface area contributed by atoms with Gasteiger partial charge in [0.15, 0.2) is 0 Å². The molecule has 3 rings (SSSR count). The molecule has 1 heterocycles. The highest BCUT2D eigenvalue weighted by atomic mass is 16.6. The second-order valence-electron chi connectivity index (χ2n) is 4.96. The van der Waals surface area contributed by atoms with Crippen molar-refractivity contribution in [3.8, 4) is 0 Å². The van der Waals surface area contributed by atoms with Crippen molar-refractivity contribution in [2.24, 2.45) is 11.8 Å². The Kier molecular flexibility index (Phi) is 1.58. The number of hydrogen-bond donors (Lipinski definition) is 0. The highest BCUT2D eigenvalue weighted by Crippen LogP contribution is 2.48. The molecule has 2 nitrogen and oxygen atoms in total. The molecule has 3 atom stereocenters. The lowest BCUT2D eigenvalue weighted by Gasteiger charge is -2.29. The van der Waals surface area contributed by atoms with E-state index in [1.54, 1.807) is 0 Å². The van der Waals surface area contributed by atoms with Crippen LogP contribution in [0, 0.1) is 11.8 Å². The van der Waals surface area contributed by atoms with Crippen LogP contribution in [0.5, 0.6) is 0 Å². The molecule has 1 saturated heterocycles. The first kappa shape index (κ1) is 7.98. The first-order valence-corrected chi connectivity index (χ1v) is 5.47. The summed E-state index contributed by atoms with van der Waals surface area (Å²) >= 11 is 0. The van der Waals surface area contributed by atoms with E-state index in [0.29, 0.717) is 17.6 Å². The van der Waals surface area contributed by atoms with Gasteiger partial charge in [-0.2, -0.15) is 0 Å². The number of ketones is 1. The Hall–Kier alpha value is -0.370. The lowest BCUT2D eigenvalue weighted by Crippen LogP contribution is -2.36. The normalized spacial score (nSPS) is 49.1. The maximum Gasteiger partial charge on any atom is 0.139 e. The summed E-state index contributed by atoms with van der Waals surface area (Å²) in [6.45, 7) is 0.924. The number of fused-ring (bicyclic) bond motifs is 2. The van der Waals surface area contributed by atoms with Crippen molar-refractivity contribution in [2.45, 2.75) is 44.1 Å². The van der Waals surface area contributed by atoms with E-state index in [2.05, 4.69) is 0 Å². The molecule has 3 aliphatic rings. The van der Waals surface area contributed by atoms with Crippen LogP contribution in [-0.2, 0) is 9.53 Å². The van der Waals surface area contributed by atoms with Crippen LogP contribution in [0.15, 0.2) is 0 Å². The van der Waals surface area contributed by atoms with Crippen molar-refractivity contribution in [1.29, 1.82) is 0 Å². The van der Waals surface area contributed by atoms with Gasteiger partial charge in [-0.05, 0) is 25.7 Å². The molecule has 0 aromatic heterocycles. The Morgan fingerprint density at radius 1 is 1.15 bits per heavy atom. The summed E-state index contributed by atoms with van der Waals surface area (Å²) in [5, 5.41) is 0. The topological polar surface area (TPSA) is 29.6 Å². The van der Waals surface area contributed by atoms with Gasteiger partial charge in [0.1, 0.15) is 5.78 Å². The fourth-order valence-corrected chi connectivity index (χ4v) is 3.12. The zero-order valence-electron chi connectivity index (χ0n) is 7.92. The van der Waals surface area contributed by atoms with Crippen LogP contribution in [0.1, 0.15) is 38.5 Å². The van der Waals surface area contributed by atoms with Gasteiger partial charge in [-0.25, -0.2) is 0 Å². The minimum absolute atomic E-state index is 0.174. The van der Waals surface area contributed by atoms with E-state index in [9.17, 15) is 4.79 Å². The summed E-state index contributed by atoms with van der Waals surface area (Å²) in [6.07, 6.45) is 6.82. The number of rotatable bonds is 0. The quantitative estimate of drug-likeness (QED) is 0.533. The summed E-state index contributed by atoms with van der Waals surface area (Å²) in [7, 11) is 0. The van der Waals surface area contributed by atoms with Crippen molar-refractivity contribution >= 4 is 5.78 Å². The Morgan fingerprint density at radius 2 is 1.69 bits per heavy atom. The van der Waals surface area contributed by atoms with Crippen LogP contribution in [0.3, 0.4) is 0 Å². The predicted molar refractivity (Wildman–Crippen MR) is 48.4 cm³/mol. The molecule has 0 aromatic carbocycles. The minimum Gasteiger partial charge on any atom is -0.370 e. The molecular weight excluding hydrogens is 164 g/mol. The summed E-state index contributed by atoms with van der Waals surface area (Å²) in [4.78, 5) is 11.9. The second-order valence-corrected chi connectivity index (χ2v) is 4.96. The van der Waals surface area contributed by atoms with Gasteiger partial charge in [-0.3, -0.25) is 4.79 Å². The molecule has 2 bridgehead atoms. The molecule has 3 fully saturated rings. The number of Topliss-reactive ketones (excluding diaryl/α,β-unsaturated/α-hetero) is 1. The number of carbonyl (C=O) groups excluding carboxylic acids is 1. The molecule has 2 saturated carbocycles. The first-order chi connectivity index (χ1) is 6.29. The van der Waals surface area contributed by atoms with Crippen LogP contribution in [0.4, 0.5) is 0 Å². The molecule has 13 heavy (non-hydrogen) atoms. The standard InChI is InChI=1S/C11H16O2/c12-10-8-3-1-2-4-9(10)6-11(5-8)7-13-11/h8-9H,1-7H2/t8-,9+,11?. The maximum atomic E-state index is 11.9. The number of epoxide rings is 1. The van der Waals surface area contributed by atoms with Crippen molar-refractivity contribution < 1.29 is 9.53 Å². The minimum atomic E-state index is 0.174. The second kappa shape index (κ2) is 2.57. The van der Waals surface area contributed by atoms with Crippen LogP contribution >= 0.6 is 0 Å². The van der Waals surface area contributed by atoms with Gasteiger partial charge in [-0.15, -0.1) is 0 Å². The van der Waals surface area contributed by atoms with E-state index in [-0.39, 0.29) is 5.60 Å². The average Bonchev–Trinajstić information content (AvgIpc) is 2.84. The molecule has 1 unspecified atom stereocenters. The van der Waals surface area contributed by atoms with E-state index in [1.807, 2.05) is 0 Å². The predicted octanol–water partition coefficient (Wildman–Crippen LogP) is 1.92. The smallest absolute Gasteiger partial charge is 0.139 e. The molecule has 1 aliphatic heterocycles. The summed E-state index contributed by atoms with van der Waals surface area (Å²) in [5.41, 5.74) is 0.174. The van der Waals surface area contributed by atoms with Crippen molar-refractivity contribution in [1.82, 2.24) is 0 Å². The van der Waals surface area contributed by atoms with Crippen LogP contribution in [-0.4, -0.2) is 18.0 Å². The highest BCUT2D eigenvalue weighted by molar-refractivity contribution is 5.85. The van der Waals surface area contributed by atoms with Crippen molar-refractivity contribution in [2.75, 3.05) is 6.61 Å². The van der Waals surface area contributed by atoms with E-state index in [0.717, 1.165) is 32.3 Å². The fraction of sp³-hybridized carbons (Fsp3) is 0.909. The Balaban J connectivity index is 1.86. The lowest BCUT2D eigenvalue weighted by atomic mass is 9.73. The summed E-state index contributed by atoms with van der Waals surface area (Å²) in [5.74, 6) is 1.26. The molecular formula is C11H16O2. The zero-order chi connectivity index (χ0) is 8.89. The monoisotopic (exact) mass is 180 g/mol. The van der Waals surface area contributed by atoms with Gasteiger partial charge in [0.05, 0.1) is 12.2 Å². The van der Waals surface area contributed by atoms with Crippen LogP contribution in [0.2, 0.25) is 0 Å². The maximum absolute atomic E-state index is 11.9. The SMILES string of the molecule is O=C1[C@@H]2CCCC[C@H]1CC1(CO1)C2. The third-order valence-corrected chi connectivity index (χ3v) is 3.95. The van der Waals surface area contributed by atoms with Gasteiger partial charge >= 0.3 is 0 Å². The first-order valence-electron chi connectivity index (χ1n) is 5.47. The molecule has 1 spiro atoms.